The number of benzene rings is 1. The van der Waals surface area contributed by atoms with E-state index in [9.17, 15) is 0 Å². The van der Waals surface area contributed by atoms with E-state index in [4.69, 9.17) is 0 Å². The number of nitrogens with one attached hydrogen (secondary N) is 1. The molecule has 5 heteroatoms. The van der Waals surface area contributed by atoms with Crippen LogP contribution in [0.1, 0.15) is 42.7 Å². The molecule has 23 heavy (non-hydrogen) atoms. The third-order valence-corrected chi connectivity index (χ3v) is 4.92. The Bertz CT molecular complexity index is 910. The van der Waals surface area contributed by atoms with Gasteiger partial charge in [-0.1, -0.05) is 30.3 Å². The first kappa shape index (κ1) is 12.8. The normalized spacial score (nSPS) is 20.1. The van der Waals surface area contributed by atoms with Gasteiger partial charge >= 0.3 is 0 Å². The molecule has 0 saturated heterocycles. The number of hydrogen-bond donors (Lipinski definition) is 1. The molecular weight excluding hydrogens is 286 g/mol. The molecule has 1 aliphatic carbocycles. The molecule has 1 aromatic carbocycles. The van der Waals surface area contributed by atoms with Gasteiger partial charge in [0, 0.05) is 11.6 Å². The second-order valence-corrected chi connectivity index (χ2v) is 6.21. The molecule has 3 heterocycles. The Morgan fingerprint density at radius 1 is 1.04 bits per heavy atom. The van der Waals surface area contributed by atoms with Crippen molar-refractivity contribution in [2.24, 2.45) is 0 Å². The predicted octanol–water partition coefficient (Wildman–Crippen LogP) is 3.51. The Morgan fingerprint density at radius 2 is 1.91 bits per heavy atom. The van der Waals surface area contributed by atoms with Crippen molar-refractivity contribution < 1.29 is 0 Å². The van der Waals surface area contributed by atoms with Gasteiger partial charge in [0.05, 0.1) is 5.56 Å². The van der Waals surface area contributed by atoms with E-state index in [2.05, 4.69) is 50.7 Å². The fraction of sp³-hybridized carbons (Fsp3) is 0.278. The summed E-state index contributed by atoms with van der Waals surface area (Å²) in [6.07, 6.45) is 8.08. The highest BCUT2D eigenvalue weighted by atomic mass is 15.3. The van der Waals surface area contributed by atoms with Crippen LogP contribution >= 0.6 is 0 Å². The van der Waals surface area contributed by atoms with Gasteiger partial charge in [0.15, 0.2) is 5.65 Å². The zero-order chi connectivity index (χ0) is 15.2. The first-order chi connectivity index (χ1) is 11.4. The van der Waals surface area contributed by atoms with Crippen molar-refractivity contribution in [1.29, 1.82) is 0 Å². The van der Waals surface area contributed by atoms with Crippen molar-refractivity contribution in [2.45, 2.75) is 31.6 Å². The largest absolute Gasteiger partial charge is 0.343 e. The van der Waals surface area contributed by atoms with E-state index >= 15 is 0 Å². The number of nitrogens with zero attached hydrogens (tertiary/aromatic N) is 4. The van der Waals surface area contributed by atoms with Crippen molar-refractivity contribution in [3.8, 4) is 0 Å². The molecule has 0 radical (unpaired) electrons. The monoisotopic (exact) mass is 303 g/mol. The molecule has 2 aromatic heterocycles. The van der Waals surface area contributed by atoms with Crippen LogP contribution in [0, 0.1) is 0 Å². The van der Waals surface area contributed by atoms with Crippen LogP contribution in [0.25, 0.3) is 5.65 Å². The minimum absolute atomic E-state index is 0.225. The lowest BCUT2D eigenvalue weighted by atomic mass is 9.77. The molecule has 1 aliphatic heterocycles. The van der Waals surface area contributed by atoms with E-state index < -0.39 is 0 Å². The van der Waals surface area contributed by atoms with E-state index in [-0.39, 0.29) is 5.92 Å². The molecule has 5 rings (SSSR count). The van der Waals surface area contributed by atoms with E-state index in [1.54, 1.807) is 17.2 Å². The second kappa shape index (κ2) is 4.91. The fourth-order valence-corrected chi connectivity index (χ4v) is 3.90. The lowest BCUT2D eigenvalue weighted by molar-refractivity contribution is 0.633. The van der Waals surface area contributed by atoms with Crippen molar-refractivity contribution in [2.75, 3.05) is 5.32 Å². The summed E-state index contributed by atoms with van der Waals surface area (Å²) >= 11 is 0. The summed E-state index contributed by atoms with van der Waals surface area (Å²) in [7, 11) is 0. The number of fused-ring (bicyclic) bond motifs is 3. The molecule has 3 aromatic rings. The number of allylic oxidation sites excluding steroid dienone is 2. The predicted molar refractivity (Wildman–Crippen MR) is 88.2 cm³/mol. The lowest BCUT2D eigenvalue weighted by Crippen LogP contribution is -2.23. The fourth-order valence-electron chi connectivity index (χ4n) is 3.90. The molecule has 0 amide bonds. The minimum atomic E-state index is 0.225. The number of rotatable bonds is 1. The van der Waals surface area contributed by atoms with Gasteiger partial charge in [-0.2, -0.15) is 5.10 Å². The van der Waals surface area contributed by atoms with Crippen molar-refractivity contribution >= 4 is 11.5 Å². The molecule has 0 spiro atoms. The van der Waals surface area contributed by atoms with Gasteiger partial charge in [-0.05, 0) is 36.8 Å². The number of hydrogen-bond acceptors (Lipinski definition) is 4. The van der Waals surface area contributed by atoms with Crippen LogP contribution in [0.4, 0.5) is 5.82 Å². The third-order valence-electron chi connectivity index (χ3n) is 4.92. The average molecular weight is 303 g/mol. The molecular formula is C18H17N5. The molecule has 5 nitrogen and oxygen atoms in total. The van der Waals surface area contributed by atoms with Crippen LogP contribution in [-0.2, 0) is 0 Å². The molecule has 114 valence electrons. The molecule has 0 fully saturated rings. The van der Waals surface area contributed by atoms with E-state index in [0.717, 1.165) is 29.9 Å². The Morgan fingerprint density at radius 3 is 2.83 bits per heavy atom. The Balaban J connectivity index is 1.81. The highest BCUT2D eigenvalue weighted by Gasteiger charge is 2.33. The standard InChI is InChI=1S/C18H17N5/c1-2-6-12(7-3-1)15-13-8-4-5-9-14(13)22-17-16(15)18-19-10-21-23(18)11-20-17/h1-3,6-7,10-11,15,22H,4-5,8-9H2. The van der Waals surface area contributed by atoms with Gasteiger partial charge in [0.1, 0.15) is 18.5 Å². The van der Waals surface area contributed by atoms with Crippen LogP contribution in [0.3, 0.4) is 0 Å². The van der Waals surface area contributed by atoms with E-state index in [0.29, 0.717) is 0 Å². The summed E-state index contributed by atoms with van der Waals surface area (Å²) in [6.45, 7) is 0. The highest BCUT2D eigenvalue weighted by molar-refractivity contribution is 5.71. The lowest BCUT2D eigenvalue weighted by Gasteiger charge is -2.34. The maximum absolute atomic E-state index is 4.60. The zero-order valence-electron chi connectivity index (χ0n) is 12.7. The molecule has 0 saturated carbocycles. The van der Waals surface area contributed by atoms with Gasteiger partial charge in [0.25, 0.3) is 0 Å². The molecule has 0 bridgehead atoms. The maximum atomic E-state index is 4.60. The first-order valence-corrected chi connectivity index (χ1v) is 8.14. The van der Waals surface area contributed by atoms with Crippen LogP contribution in [0.15, 0.2) is 54.3 Å². The third kappa shape index (κ3) is 1.89. The summed E-state index contributed by atoms with van der Waals surface area (Å²) in [5, 5.41) is 7.83. The quantitative estimate of drug-likeness (QED) is 0.747. The van der Waals surface area contributed by atoms with E-state index in [1.807, 2.05) is 0 Å². The number of anilines is 1. The van der Waals surface area contributed by atoms with Crippen molar-refractivity contribution in [3.63, 3.8) is 0 Å². The molecule has 1 atom stereocenters. The average Bonchev–Trinajstić information content (AvgIpc) is 3.09. The molecule has 1 N–H and O–H groups in total. The van der Waals surface area contributed by atoms with Gasteiger partial charge in [0.2, 0.25) is 0 Å². The summed E-state index contributed by atoms with van der Waals surface area (Å²) in [5.74, 6) is 1.16. The van der Waals surface area contributed by atoms with Crippen LogP contribution in [-0.4, -0.2) is 19.6 Å². The summed E-state index contributed by atoms with van der Waals surface area (Å²) in [5.41, 5.74) is 6.20. The SMILES string of the molecule is c1ccc(C2C3=C(CCCC3)Nc3ncn4ncnc4c32)cc1. The van der Waals surface area contributed by atoms with Crippen LogP contribution in [0.5, 0.6) is 0 Å². The van der Waals surface area contributed by atoms with Gasteiger partial charge in [-0.15, -0.1) is 0 Å². The Kier molecular flexibility index (Phi) is 2.74. The first-order valence-electron chi connectivity index (χ1n) is 8.14. The Hall–Kier alpha value is -2.69. The molecule has 2 aliphatic rings. The van der Waals surface area contributed by atoms with Gasteiger partial charge in [-0.3, -0.25) is 0 Å². The second-order valence-electron chi connectivity index (χ2n) is 6.21. The topological polar surface area (TPSA) is 55.1 Å². The molecule has 1 unspecified atom stereocenters. The van der Waals surface area contributed by atoms with Gasteiger partial charge < -0.3 is 5.32 Å². The Labute approximate surface area is 134 Å². The zero-order valence-corrected chi connectivity index (χ0v) is 12.7. The highest BCUT2D eigenvalue weighted by Crippen LogP contribution is 2.46. The van der Waals surface area contributed by atoms with Crippen LogP contribution in [0.2, 0.25) is 0 Å². The maximum Gasteiger partial charge on any atom is 0.164 e. The van der Waals surface area contributed by atoms with Crippen molar-refractivity contribution in [1.82, 2.24) is 19.6 Å². The van der Waals surface area contributed by atoms with E-state index in [1.165, 1.54) is 29.7 Å². The summed E-state index contributed by atoms with van der Waals surface area (Å²) < 4.78 is 1.77. The summed E-state index contributed by atoms with van der Waals surface area (Å²) in [4.78, 5) is 9.10. The number of aromatic nitrogens is 4. The van der Waals surface area contributed by atoms with Crippen molar-refractivity contribution in [3.05, 3.63) is 65.4 Å². The smallest absolute Gasteiger partial charge is 0.164 e. The van der Waals surface area contributed by atoms with Gasteiger partial charge in [-0.25, -0.2) is 14.5 Å². The minimum Gasteiger partial charge on any atom is -0.343 e. The summed E-state index contributed by atoms with van der Waals surface area (Å²) in [6, 6.07) is 10.7. The van der Waals surface area contributed by atoms with Crippen LogP contribution < -0.4 is 5.32 Å².